The Bertz CT molecular complexity index is 1120. The molecule has 1 heterocycles. The van der Waals surface area contributed by atoms with E-state index in [1.165, 1.54) is 18.2 Å². The fourth-order valence-corrected chi connectivity index (χ4v) is 5.12. The quantitative estimate of drug-likeness (QED) is 0.416. The van der Waals surface area contributed by atoms with Gasteiger partial charge < -0.3 is 9.84 Å². The lowest BCUT2D eigenvalue weighted by molar-refractivity contribution is -0.145. The second-order valence-corrected chi connectivity index (χ2v) is 9.81. The van der Waals surface area contributed by atoms with Crippen molar-refractivity contribution in [1.82, 2.24) is 4.90 Å². The minimum atomic E-state index is -1.05. The lowest BCUT2D eigenvalue weighted by atomic mass is 9.82. The second-order valence-electron chi connectivity index (χ2n) is 9.81. The Labute approximate surface area is 212 Å². The molecule has 1 aliphatic heterocycles. The number of nitrogens with zero attached hydrogens (tertiary/aromatic N) is 2. The summed E-state index contributed by atoms with van der Waals surface area (Å²) in [7, 11) is 0. The molecule has 1 atom stereocenters. The molecule has 2 aromatic rings. The van der Waals surface area contributed by atoms with Gasteiger partial charge in [-0.05, 0) is 55.0 Å². The fraction of sp³-hybridized carbons (Fsp3) is 0.483. The third-order valence-corrected chi connectivity index (χ3v) is 7.20. The molecule has 1 saturated carbocycles. The van der Waals surface area contributed by atoms with Gasteiger partial charge in [0.15, 0.2) is 6.10 Å². The number of carbonyl (C=O) groups is 2. The van der Waals surface area contributed by atoms with Gasteiger partial charge in [-0.25, -0.2) is 9.18 Å². The van der Waals surface area contributed by atoms with Gasteiger partial charge in [-0.3, -0.25) is 14.7 Å². The Morgan fingerprint density at radius 2 is 1.86 bits per heavy atom. The molecule has 0 aromatic heterocycles. The van der Waals surface area contributed by atoms with Crippen molar-refractivity contribution in [3.05, 3.63) is 53.8 Å². The molecule has 1 amide bonds. The topological polar surface area (TPSA) is 79.2 Å². The highest BCUT2D eigenvalue weighted by molar-refractivity contribution is 6.08. The highest BCUT2D eigenvalue weighted by Crippen LogP contribution is 2.39. The van der Waals surface area contributed by atoms with Gasteiger partial charge in [0.05, 0.1) is 6.54 Å². The molecule has 6 nitrogen and oxygen atoms in total. The molecule has 1 spiro atoms. The first-order valence-electron chi connectivity index (χ1n) is 13.1. The van der Waals surface area contributed by atoms with Crippen LogP contribution in [-0.4, -0.2) is 39.4 Å². The summed E-state index contributed by atoms with van der Waals surface area (Å²) in [6.45, 7) is 4.31. The number of carbonyl (C=O) groups excluding carboxylic acids is 1. The molecular weight excluding hydrogens is 459 g/mol. The van der Waals surface area contributed by atoms with E-state index in [0.29, 0.717) is 29.8 Å². The fourth-order valence-electron chi connectivity index (χ4n) is 5.12. The first-order chi connectivity index (χ1) is 17.4. The van der Waals surface area contributed by atoms with Gasteiger partial charge >= 0.3 is 5.97 Å². The molecule has 2 aliphatic rings. The van der Waals surface area contributed by atoms with E-state index in [1.807, 2.05) is 29.2 Å². The molecule has 0 bridgehead atoms. The summed E-state index contributed by atoms with van der Waals surface area (Å²) in [5.74, 6) is -0.144. The number of aliphatic imine (C=N–C) groups is 1. The number of hydrogen-bond donors (Lipinski definition) is 1. The molecule has 36 heavy (non-hydrogen) atoms. The van der Waals surface area contributed by atoms with Crippen LogP contribution in [0.15, 0.2) is 47.5 Å². The number of carboxylic acids is 1. The molecule has 4 rings (SSSR count). The van der Waals surface area contributed by atoms with Crippen LogP contribution < -0.4 is 4.74 Å². The maximum Gasteiger partial charge on any atom is 0.344 e. The zero-order chi connectivity index (χ0) is 25.7. The summed E-state index contributed by atoms with van der Waals surface area (Å²) < 4.78 is 20.2. The van der Waals surface area contributed by atoms with Crippen molar-refractivity contribution in [2.45, 2.75) is 89.8 Å². The van der Waals surface area contributed by atoms with Gasteiger partial charge in [0.25, 0.3) is 5.91 Å². The number of carboxylic acid groups (broad SMARTS) is 1. The van der Waals surface area contributed by atoms with Gasteiger partial charge in [-0.1, -0.05) is 63.8 Å². The largest absolute Gasteiger partial charge is 0.479 e. The Balaban J connectivity index is 1.52. The molecule has 2 aromatic carbocycles. The lowest BCUT2D eigenvalue weighted by Crippen LogP contribution is -2.43. The molecular formula is C29H35FN2O4. The average Bonchev–Trinajstić information content (AvgIpc) is 3.12. The third-order valence-electron chi connectivity index (χ3n) is 7.20. The van der Waals surface area contributed by atoms with E-state index in [4.69, 9.17) is 9.73 Å². The number of unbranched alkanes of at least 4 members (excludes halogenated alkanes) is 1. The van der Waals surface area contributed by atoms with E-state index in [2.05, 4.69) is 6.92 Å². The number of halogens is 1. The summed E-state index contributed by atoms with van der Waals surface area (Å²) in [6, 6.07) is 11.7. The van der Waals surface area contributed by atoms with Crippen LogP contribution in [0.1, 0.15) is 77.2 Å². The van der Waals surface area contributed by atoms with Crippen molar-refractivity contribution < 1.29 is 23.8 Å². The van der Waals surface area contributed by atoms with Crippen molar-refractivity contribution in [3.8, 4) is 16.9 Å². The summed E-state index contributed by atoms with van der Waals surface area (Å²) in [5, 5.41) is 9.25. The molecule has 1 aliphatic carbocycles. The van der Waals surface area contributed by atoms with Gasteiger partial charge in [-0.2, -0.15) is 0 Å². The van der Waals surface area contributed by atoms with Crippen LogP contribution in [0.4, 0.5) is 4.39 Å². The number of rotatable bonds is 10. The SMILES string of the molecule is CCCCC1=NC2(CCCCC2)C(=O)N1Cc1ccc(-c2cc(OC(CC)C(=O)O)ccc2F)cc1. The number of aliphatic carboxylic acids is 1. The standard InChI is InChI=1S/C29H35FN2O4/c1-3-5-9-26-31-29(16-7-6-8-17-29)28(35)32(26)19-20-10-12-21(13-11-20)23-18-22(14-15-24(23)30)36-25(4-2)27(33)34/h10-15,18,25H,3-9,16-17,19H2,1-2H3,(H,33,34). The zero-order valence-electron chi connectivity index (χ0n) is 21.1. The zero-order valence-corrected chi connectivity index (χ0v) is 21.1. The number of hydrogen-bond acceptors (Lipinski definition) is 4. The van der Waals surface area contributed by atoms with Crippen LogP contribution in [0.2, 0.25) is 0 Å². The molecule has 0 radical (unpaired) electrons. The molecule has 1 fully saturated rings. The maximum atomic E-state index is 14.6. The smallest absolute Gasteiger partial charge is 0.344 e. The highest BCUT2D eigenvalue weighted by Gasteiger charge is 2.48. The van der Waals surface area contributed by atoms with Crippen LogP contribution in [0, 0.1) is 5.82 Å². The Hall–Kier alpha value is -3.22. The summed E-state index contributed by atoms with van der Waals surface area (Å²) in [5.41, 5.74) is 1.37. The lowest BCUT2D eigenvalue weighted by Gasteiger charge is -2.29. The minimum absolute atomic E-state index is 0.122. The third kappa shape index (κ3) is 5.45. The van der Waals surface area contributed by atoms with Crippen LogP contribution in [0.25, 0.3) is 11.1 Å². The van der Waals surface area contributed by atoms with Crippen molar-refractivity contribution in [1.29, 1.82) is 0 Å². The number of amidine groups is 1. The Morgan fingerprint density at radius 1 is 1.14 bits per heavy atom. The van der Waals surface area contributed by atoms with Crippen molar-refractivity contribution in [3.63, 3.8) is 0 Å². The molecule has 1 unspecified atom stereocenters. The summed E-state index contributed by atoms with van der Waals surface area (Å²) in [4.78, 5) is 31.7. The van der Waals surface area contributed by atoms with Gasteiger partial charge in [0, 0.05) is 12.0 Å². The average molecular weight is 495 g/mol. The van der Waals surface area contributed by atoms with E-state index in [0.717, 1.165) is 62.8 Å². The predicted molar refractivity (Wildman–Crippen MR) is 138 cm³/mol. The summed E-state index contributed by atoms with van der Waals surface area (Å²) in [6.07, 6.45) is 7.06. The van der Waals surface area contributed by atoms with E-state index in [-0.39, 0.29) is 5.91 Å². The minimum Gasteiger partial charge on any atom is -0.479 e. The number of benzene rings is 2. The maximum absolute atomic E-state index is 14.6. The van der Waals surface area contributed by atoms with Crippen molar-refractivity contribution in [2.24, 2.45) is 4.99 Å². The number of amides is 1. The molecule has 0 saturated heterocycles. The van der Waals surface area contributed by atoms with Gasteiger partial charge in [0.2, 0.25) is 0 Å². The summed E-state index contributed by atoms with van der Waals surface area (Å²) >= 11 is 0. The van der Waals surface area contributed by atoms with Gasteiger partial charge in [0.1, 0.15) is 22.9 Å². The van der Waals surface area contributed by atoms with Crippen LogP contribution in [0.3, 0.4) is 0 Å². The predicted octanol–water partition coefficient (Wildman–Crippen LogP) is 6.37. The van der Waals surface area contributed by atoms with Crippen molar-refractivity contribution >= 4 is 17.7 Å². The van der Waals surface area contributed by atoms with Crippen molar-refractivity contribution in [2.75, 3.05) is 0 Å². The monoisotopic (exact) mass is 494 g/mol. The van der Waals surface area contributed by atoms with Crippen LogP contribution in [0.5, 0.6) is 5.75 Å². The Kier molecular flexibility index (Phi) is 8.07. The first kappa shape index (κ1) is 25.9. The van der Waals surface area contributed by atoms with E-state index < -0.39 is 23.4 Å². The second kappa shape index (κ2) is 11.2. The highest BCUT2D eigenvalue weighted by atomic mass is 19.1. The van der Waals surface area contributed by atoms with Crippen LogP contribution in [-0.2, 0) is 16.1 Å². The molecule has 1 N–H and O–H groups in total. The van der Waals surface area contributed by atoms with Gasteiger partial charge in [-0.15, -0.1) is 0 Å². The van der Waals surface area contributed by atoms with E-state index in [1.54, 1.807) is 6.92 Å². The Morgan fingerprint density at radius 3 is 2.50 bits per heavy atom. The van der Waals surface area contributed by atoms with E-state index in [9.17, 15) is 19.1 Å². The number of ether oxygens (including phenoxy) is 1. The molecule has 192 valence electrons. The normalized spacial score (nSPS) is 17.8. The first-order valence-corrected chi connectivity index (χ1v) is 13.1. The van der Waals surface area contributed by atoms with E-state index >= 15 is 0 Å². The molecule has 7 heteroatoms. The van der Waals surface area contributed by atoms with Crippen LogP contribution >= 0.6 is 0 Å².